The summed E-state index contributed by atoms with van der Waals surface area (Å²) in [6.45, 7) is -1.11. The van der Waals surface area contributed by atoms with Crippen LogP contribution in [0.3, 0.4) is 0 Å². The molecule has 1 N–H and O–H groups in total. The van der Waals surface area contributed by atoms with Crippen molar-refractivity contribution >= 4 is 39.5 Å². The minimum absolute atomic E-state index is 0.0944. The van der Waals surface area contributed by atoms with Gasteiger partial charge in [0.25, 0.3) is 0 Å². The number of hydrogen-bond acceptors (Lipinski definition) is 4. The minimum Gasteiger partial charge on any atom is -0.298 e. The third kappa shape index (κ3) is 3.97. The average molecular weight is 428 g/mol. The van der Waals surface area contributed by atoms with Gasteiger partial charge in [0, 0.05) is 6.08 Å². The number of para-hydroxylation sites is 2. The van der Waals surface area contributed by atoms with Crippen molar-refractivity contribution in [2.45, 2.75) is 13.5 Å². The Kier molecular flexibility index (Phi) is 5.37. The van der Waals surface area contributed by atoms with Gasteiger partial charge in [0.15, 0.2) is 11.0 Å². The second-order valence-corrected chi connectivity index (χ2v) is 7.38. The number of nitrogens with one attached hydrogen (secondary N) is 1. The quantitative estimate of drug-likeness (QED) is 0.418. The molecule has 0 saturated heterocycles. The largest absolute Gasteiger partial charge is 0.320 e. The first-order chi connectivity index (χ1) is 14.4. The number of alkyl halides is 2. The van der Waals surface area contributed by atoms with Gasteiger partial charge in [-0.3, -0.25) is 14.7 Å². The number of carbonyl (C=O) groups is 1. The number of imidazole rings is 1. The Hall–Kier alpha value is -3.46. The Bertz CT molecular complexity index is 1260. The van der Waals surface area contributed by atoms with Crippen LogP contribution in [0.5, 0.6) is 0 Å². The molecule has 0 fully saturated rings. The van der Waals surface area contributed by atoms with Crippen LogP contribution in [0, 0.1) is 12.7 Å². The standard InChI is InChI=1S/C21H15F3N4OS/c1-12-18(19-26-15-7-2-3-8-16(15)28(19)20(23)24)30-21(25-12)27-17(29)10-9-13-5-4-6-14(22)11-13/h2-11,20H,1H3,(H,25,27,29)/b10-9+. The van der Waals surface area contributed by atoms with Gasteiger partial charge in [-0.05, 0) is 42.8 Å². The van der Waals surface area contributed by atoms with E-state index in [4.69, 9.17) is 0 Å². The van der Waals surface area contributed by atoms with Crippen molar-refractivity contribution in [3.05, 3.63) is 71.7 Å². The summed E-state index contributed by atoms with van der Waals surface area (Å²) in [6, 6.07) is 12.4. The maximum Gasteiger partial charge on any atom is 0.320 e. The van der Waals surface area contributed by atoms with Crippen LogP contribution in [-0.2, 0) is 4.79 Å². The van der Waals surface area contributed by atoms with E-state index < -0.39 is 18.3 Å². The van der Waals surface area contributed by atoms with Crippen LogP contribution in [0.15, 0.2) is 54.6 Å². The van der Waals surface area contributed by atoms with Crippen LogP contribution >= 0.6 is 11.3 Å². The summed E-state index contributed by atoms with van der Waals surface area (Å²) in [5, 5.41) is 2.86. The second-order valence-electron chi connectivity index (χ2n) is 6.38. The zero-order chi connectivity index (χ0) is 21.3. The normalized spacial score (nSPS) is 11.6. The Morgan fingerprint density at radius 2 is 1.97 bits per heavy atom. The van der Waals surface area contributed by atoms with Gasteiger partial charge in [0.1, 0.15) is 5.82 Å². The number of fused-ring (bicyclic) bond motifs is 1. The first-order valence-electron chi connectivity index (χ1n) is 8.90. The molecule has 0 unspecified atom stereocenters. The van der Waals surface area contributed by atoms with E-state index in [1.165, 1.54) is 24.3 Å². The van der Waals surface area contributed by atoms with Gasteiger partial charge in [-0.15, -0.1) is 0 Å². The van der Waals surface area contributed by atoms with Crippen LogP contribution in [0.4, 0.5) is 18.3 Å². The van der Waals surface area contributed by atoms with E-state index in [0.717, 1.165) is 15.9 Å². The Morgan fingerprint density at radius 3 is 2.73 bits per heavy atom. The van der Waals surface area contributed by atoms with Crippen molar-refractivity contribution in [3.8, 4) is 10.7 Å². The Labute approximate surface area is 173 Å². The number of thiazole rings is 1. The molecule has 1 amide bonds. The number of anilines is 1. The van der Waals surface area contributed by atoms with Crippen molar-refractivity contribution in [1.82, 2.24) is 14.5 Å². The zero-order valence-electron chi connectivity index (χ0n) is 15.6. The maximum absolute atomic E-state index is 13.7. The molecule has 4 aromatic rings. The summed E-state index contributed by atoms with van der Waals surface area (Å²) in [5.74, 6) is -0.779. The van der Waals surface area contributed by atoms with E-state index in [0.29, 0.717) is 27.2 Å². The summed E-state index contributed by atoms with van der Waals surface area (Å²) in [7, 11) is 0. The van der Waals surface area contributed by atoms with E-state index in [1.807, 2.05) is 0 Å². The highest BCUT2D eigenvalue weighted by atomic mass is 32.1. The SMILES string of the molecule is Cc1nc(NC(=O)/C=C/c2cccc(F)c2)sc1-c1nc2ccccc2n1C(F)F. The first-order valence-corrected chi connectivity index (χ1v) is 9.71. The number of hydrogen-bond donors (Lipinski definition) is 1. The lowest BCUT2D eigenvalue weighted by atomic mass is 10.2. The molecule has 2 heterocycles. The molecule has 0 radical (unpaired) electrons. The summed E-state index contributed by atoms with van der Waals surface area (Å²) < 4.78 is 41.5. The number of benzene rings is 2. The number of rotatable bonds is 5. The molecule has 152 valence electrons. The Morgan fingerprint density at radius 1 is 1.17 bits per heavy atom. The van der Waals surface area contributed by atoms with Crippen LogP contribution in [0.1, 0.15) is 17.8 Å². The van der Waals surface area contributed by atoms with E-state index >= 15 is 0 Å². The molecule has 30 heavy (non-hydrogen) atoms. The van der Waals surface area contributed by atoms with E-state index in [-0.39, 0.29) is 11.0 Å². The van der Waals surface area contributed by atoms with Crippen LogP contribution in [0.2, 0.25) is 0 Å². The third-order valence-electron chi connectivity index (χ3n) is 4.30. The van der Waals surface area contributed by atoms with Gasteiger partial charge < -0.3 is 0 Å². The fraction of sp³-hybridized carbons (Fsp3) is 0.0952. The van der Waals surface area contributed by atoms with Gasteiger partial charge in [0.2, 0.25) is 5.91 Å². The lowest BCUT2D eigenvalue weighted by Crippen LogP contribution is -2.07. The summed E-state index contributed by atoms with van der Waals surface area (Å²) in [4.78, 5) is 21.2. The Balaban J connectivity index is 1.60. The highest BCUT2D eigenvalue weighted by Crippen LogP contribution is 2.36. The minimum atomic E-state index is -2.78. The molecule has 0 atom stereocenters. The highest BCUT2D eigenvalue weighted by molar-refractivity contribution is 7.19. The molecule has 9 heteroatoms. The van der Waals surface area contributed by atoms with Crippen LogP contribution in [0.25, 0.3) is 27.8 Å². The topological polar surface area (TPSA) is 59.8 Å². The molecule has 0 bridgehead atoms. The van der Waals surface area contributed by atoms with Gasteiger partial charge in [-0.1, -0.05) is 35.6 Å². The molecule has 0 saturated carbocycles. The monoisotopic (exact) mass is 428 g/mol. The fourth-order valence-electron chi connectivity index (χ4n) is 2.99. The number of amides is 1. The summed E-state index contributed by atoms with van der Waals surface area (Å²) in [6.07, 6.45) is 2.72. The number of nitrogens with zero attached hydrogens (tertiary/aromatic N) is 3. The summed E-state index contributed by atoms with van der Waals surface area (Å²) >= 11 is 1.06. The van der Waals surface area contributed by atoms with Crippen molar-refractivity contribution in [3.63, 3.8) is 0 Å². The maximum atomic E-state index is 13.7. The highest BCUT2D eigenvalue weighted by Gasteiger charge is 2.22. The van der Waals surface area contributed by atoms with Crippen molar-refractivity contribution < 1.29 is 18.0 Å². The number of halogens is 3. The lowest BCUT2D eigenvalue weighted by molar-refractivity contribution is -0.111. The zero-order valence-corrected chi connectivity index (χ0v) is 16.5. The van der Waals surface area contributed by atoms with E-state index in [1.54, 1.807) is 43.3 Å². The van der Waals surface area contributed by atoms with E-state index in [2.05, 4.69) is 15.3 Å². The number of aromatic nitrogens is 3. The van der Waals surface area contributed by atoms with Gasteiger partial charge in [0.05, 0.1) is 21.6 Å². The molecule has 2 aromatic carbocycles. The van der Waals surface area contributed by atoms with Gasteiger partial charge >= 0.3 is 6.55 Å². The molecule has 0 spiro atoms. The smallest absolute Gasteiger partial charge is 0.298 e. The van der Waals surface area contributed by atoms with Crippen molar-refractivity contribution in [2.24, 2.45) is 0 Å². The molecular weight excluding hydrogens is 413 g/mol. The first kappa shape index (κ1) is 19.8. The second kappa shape index (κ2) is 8.11. The summed E-state index contributed by atoms with van der Waals surface area (Å²) in [5.41, 5.74) is 1.77. The lowest BCUT2D eigenvalue weighted by Gasteiger charge is -2.06. The fourth-order valence-corrected chi connectivity index (χ4v) is 3.94. The number of carbonyl (C=O) groups excluding carboxylic acids is 1. The molecule has 5 nitrogen and oxygen atoms in total. The predicted molar refractivity (Wildman–Crippen MR) is 111 cm³/mol. The van der Waals surface area contributed by atoms with Crippen molar-refractivity contribution in [2.75, 3.05) is 5.32 Å². The molecule has 0 aliphatic carbocycles. The van der Waals surface area contributed by atoms with Gasteiger partial charge in [-0.2, -0.15) is 8.78 Å². The third-order valence-corrected chi connectivity index (χ3v) is 5.37. The molecule has 2 aromatic heterocycles. The molecule has 4 rings (SSSR count). The number of aryl methyl sites for hydroxylation is 1. The predicted octanol–water partition coefficient (Wildman–Crippen LogP) is 5.65. The van der Waals surface area contributed by atoms with Crippen LogP contribution < -0.4 is 5.32 Å². The van der Waals surface area contributed by atoms with Gasteiger partial charge in [-0.25, -0.2) is 14.4 Å². The van der Waals surface area contributed by atoms with E-state index in [9.17, 15) is 18.0 Å². The average Bonchev–Trinajstić information content (AvgIpc) is 3.26. The van der Waals surface area contributed by atoms with Crippen molar-refractivity contribution in [1.29, 1.82) is 0 Å². The van der Waals surface area contributed by atoms with Crippen LogP contribution in [-0.4, -0.2) is 20.4 Å². The molecular formula is C21H15F3N4OS. The molecule has 0 aliphatic heterocycles. The molecule has 0 aliphatic rings.